The molecule has 6 atom stereocenters. The van der Waals surface area contributed by atoms with E-state index in [9.17, 15) is 37.9 Å². The number of aliphatic hydroxyl groups is 3. The zero-order valence-electron chi connectivity index (χ0n) is 35.9. The van der Waals surface area contributed by atoms with E-state index in [0.29, 0.717) is 12.8 Å². The van der Waals surface area contributed by atoms with Gasteiger partial charge >= 0.3 is 11.9 Å². The van der Waals surface area contributed by atoms with Gasteiger partial charge in [0.2, 0.25) is 0 Å². The largest absolute Gasteiger partial charge is 0.462 e. The van der Waals surface area contributed by atoms with E-state index in [4.69, 9.17) is 18.9 Å². The molecule has 0 bridgehead atoms. The van der Waals surface area contributed by atoms with Gasteiger partial charge in [-0.25, -0.2) is 0 Å². The summed E-state index contributed by atoms with van der Waals surface area (Å²) in [5.74, 6) is -2.00. The average Bonchev–Trinajstić information content (AvgIpc) is 3.18. The van der Waals surface area contributed by atoms with Crippen molar-refractivity contribution in [2.75, 3.05) is 19.0 Å². The number of aliphatic hydroxyl groups excluding tert-OH is 3. The molecular formula is C45H80O12S. The summed E-state index contributed by atoms with van der Waals surface area (Å²) >= 11 is 0. The number of esters is 2. The number of rotatable bonds is 37. The highest BCUT2D eigenvalue weighted by Crippen LogP contribution is 2.24. The maximum absolute atomic E-state index is 12.8. The fourth-order valence-corrected chi connectivity index (χ4v) is 7.33. The summed E-state index contributed by atoms with van der Waals surface area (Å²) in [6, 6.07) is 0. The molecule has 1 aliphatic heterocycles. The Bertz CT molecular complexity index is 1220. The van der Waals surface area contributed by atoms with Crippen molar-refractivity contribution < 1.29 is 56.8 Å². The highest BCUT2D eigenvalue weighted by molar-refractivity contribution is 7.85. The van der Waals surface area contributed by atoms with Gasteiger partial charge < -0.3 is 34.3 Å². The first-order chi connectivity index (χ1) is 28.0. The molecule has 0 amide bonds. The van der Waals surface area contributed by atoms with Crippen molar-refractivity contribution in [1.29, 1.82) is 0 Å². The second-order valence-corrected chi connectivity index (χ2v) is 17.2. The van der Waals surface area contributed by atoms with Crippen LogP contribution in [0.4, 0.5) is 0 Å². The molecule has 2 unspecified atom stereocenters. The Kier molecular flexibility index (Phi) is 33.1. The summed E-state index contributed by atoms with van der Waals surface area (Å²) in [4.78, 5) is 25.4. The van der Waals surface area contributed by atoms with Gasteiger partial charge in [0, 0.05) is 12.8 Å². The van der Waals surface area contributed by atoms with E-state index >= 15 is 0 Å². The second-order valence-electron chi connectivity index (χ2n) is 15.7. The lowest BCUT2D eigenvalue weighted by molar-refractivity contribution is -0.297. The molecule has 0 spiro atoms. The normalized spacial score (nSPS) is 20.7. The van der Waals surface area contributed by atoms with Gasteiger partial charge in [0.15, 0.2) is 12.4 Å². The predicted octanol–water partition coefficient (Wildman–Crippen LogP) is 9.00. The van der Waals surface area contributed by atoms with Crippen LogP contribution >= 0.6 is 0 Å². The summed E-state index contributed by atoms with van der Waals surface area (Å²) in [6.07, 6.45) is 30.4. The molecule has 13 heteroatoms. The minimum atomic E-state index is -4.60. The first-order valence-corrected chi connectivity index (χ1v) is 24.2. The van der Waals surface area contributed by atoms with Crippen LogP contribution in [0.3, 0.4) is 0 Å². The topological polar surface area (TPSA) is 186 Å². The molecule has 1 saturated heterocycles. The van der Waals surface area contributed by atoms with E-state index in [-0.39, 0.29) is 19.4 Å². The van der Waals surface area contributed by atoms with Gasteiger partial charge in [0.1, 0.15) is 36.8 Å². The lowest BCUT2D eigenvalue weighted by Crippen LogP contribution is -2.60. The van der Waals surface area contributed by atoms with Crippen LogP contribution in [0.5, 0.6) is 0 Å². The van der Waals surface area contributed by atoms with Crippen molar-refractivity contribution in [2.45, 2.75) is 218 Å². The van der Waals surface area contributed by atoms with Crippen molar-refractivity contribution in [2.24, 2.45) is 0 Å². The monoisotopic (exact) mass is 845 g/mol. The molecule has 58 heavy (non-hydrogen) atoms. The van der Waals surface area contributed by atoms with Crippen molar-refractivity contribution in [1.82, 2.24) is 0 Å². The quantitative estimate of drug-likeness (QED) is 0.0202. The van der Waals surface area contributed by atoms with Gasteiger partial charge in [-0.2, -0.15) is 8.42 Å². The minimum absolute atomic E-state index is 0.154. The zero-order valence-corrected chi connectivity index (χ0v) is 36.7. The van der Waals surface area contributed by atoms with Crippen LogP contribution in [0.15, 0.2) is 36.5 Å². The third-order valence-electron chi connectivity index (χ3n) is 10.2. The Morgan fingerprint density at radius 2 is 1.03 bits per heavy atom. The summed E-state index contributed by atoms with van der Waals surface area (Å²) < 4.78 is 54.0. The van der Waals surface area contributed by atoms with Crippen LogP contribution in [0, 0.1) is 0 Å². The molecule has 0 saturated carbocycles. The van der Waals surface area contributed by atoms with E-state index in [2.05, 4.69) is 50.3 Å². The number of hydrogen-bond donors (Lipinski definition) is 4. The number of unbranched alkanes of at least 4 members (excludes halogenated alkanes) is 19. The molecule has 0 aromatic heterocycles. The maximum Gasteiger partial charge on any atom is 0.306 e. The molecule has 12 nitrogen and oxygen atoms in total. The molecule has 0 radical (unpaired) electrons. The zero-order chi connectivity index (χ0) is 42.7. The lowest BCUT2D eigenvalue weighted by atomic mass is 10.00. The van der Waals surface area contributed by atoms with Crippen LogP contribution in [0.2, 0.25) is 0 Å². The second kappa shape index (κ2) is 35.6. The molecule has 0 aliphatic carbocycles. The van der Waals surface area contributed by atoms with E-state index < -0.39 is 71.2 Å². The Labute approximate surface area is 351 Å². The predicted molar refractivity (Wildman–Crippen MR) is 229 cm³/mol. The third kappa shape index (κ3) is 30.0. The number of hydrogen-bond acceptors (Lipinski definition) is 11. The summed E-state index contributed by atoms with van der Waals surface area (Å²) in [7, 11) is -4.60. The van der Waals surface area contributed by atoms with Crippen LogP contribution in [-0.2, 0) is 38.7 Å². The van der Waals surface area contributed by atoms with Crippen molar-refractivity contribution in [3.8, 4) is 0 Å². The summed E-state index contributed by atoms with van der Waals surface area (Å²) in [5.41, 5.74) is 0. The number of carbonyl (C=O) groups is 2. The molecule has 1 rings (SSSR count). The lowest BCUT2D eigenvalue weighted by Gasteiger charge is -2.40. The van der Waals surface area contributed by atoms with Crippen LogP contribution in [0.1, 0.15) is 181 Å². The highest BCUT2D eigenvalue weighted by atomic mass is 32.2. The Morgan fingerprint density at radius 1 is 0.586 bits per heavy atom. The van der Waals surface area contributed by atoms with E-state index in [0.717, 1.165) is 83.5 Å². The van der Waals surface area contributed by atoms with Crippen molar-refractivity contribution in [3.63, 3.8) is 0 Å². The first-order valence-electron chi connectivity index (χ1n) is 22.5. The SMILES string of the molecule is CCCCC/C=C/C/C=C/CCCCCCCCCC(=O)O[C@H](COC(=O)CCCCCCC/C=C/CCCCCC)CO[C@H]1O[C@H](CS(=O)(=O)O)[C@@H](O)C(O)C1O. The van der Waals surface area contributed by atoms with Crippen LogP contribution in [-0.4, -0.2) is 96.0 Å². The Morgan fingerprint density at radius 3 is 1.57 bits per heavy atom. The minimum Gasteiger partial charge on any atom is -0.462 e. The smallest absolute Gasteiger partial charge is 0.306 e. The van der Waals surface area contributed by atoms with Gasteiger partial charge in [0.25, 0.3) is 10.1 Å². The molecule has 1 aliphatic rings. The van der Waals surface area contributed by atoms with Crippen molar-refractivity contribution >= 4 is 22.1 Å². The standard InChI is InChI=1S/C45H80O12S/c1-3-5-7-9-11-13-15-17-18-19-20-22-24-26-28-30-32-34-41(47)56-38(36-55-45-44(50)43(49)42(48)39(57-45)37-58(51,52)53)35-54-40(46)33-31-29-27-25-23-21-16-14-12-10-8-6-4-2/h11,13-14,16-18,38-39,42-45,48-50H,3-10,12,15,19-37H2,1-2H3,(H,51,52,53)/b13-11+,16-14+,18-17+/t38-,39-,42-,43?,44?,45+/m1/s1. The molecule has 1 heterocycles. The molecule has 0 aromatic carbocycles. The Balaban J connectivity index is 2.46. The molecule has 0 aromatic rings. The number of carbonyl (C=O) groups excluding carboxylic acids is 2. The number of ether oxygens (including phenoxy) is 4. The van der Waals surface area contributed by atoms with E-state index in [1.807, 2.05) is 0 Å². The molecule has 4 N–H and O–H groups in total. The van der Waals surface area contributed by atoms with Crippen molar-refractivity contribution in [3.05, 3.63) is 36.5 Å². The fourth-order valence-electron chi connectivity index (χ4n) is 6.64. The van der Waals surface area contributed by atoms with Crippen LogP contribution in [0.25, 0.3) is 0 Å². The highest BCUT2D eigenvalue weighted by Gasteiger charge is 2.46. The molecule has 1 fully saturated rings. The van der Waals surface area contributed by atoms with Gasteiger partial charge in [-0.05, 0) is 70.6 Å². The fraction of sp³-hybridized carbons (Fsp3) is 0.822. The van der Waals surface area contributed by atoms with E-state index in [1.165, 1.54) is 57.8 Å². The average molecular weight is 845 g/mol. The number of allylic oxidation sites excluding steroid dienone is 6. The summed E-state index contributed by atoms with van der Waals surface area (Å²) in [5, 5.41) is 30.9. The molecular weight excluding hydrogens is 765 g/mol. The molecule has 338 valence electrons. The first kappa shape index (κ1) is 53.9. The van der Waals surface area contributed by atoms with Gasteiger partial charge in [-0.15, -0.1) is 0 Å². The van der Waals surface area contributed by atoms with Gasteiger partial charge in [-0.1, -0.05) is 134 Å². The van der Waals surface area contributed by atoms with Gasteiger partial charge in [0.05, 0.1) is 6.61 Å². The Hall–Kier alpha value is -2.13. The summed E-state index contributed by atoms with van der Waals surface area (Å²) in [6.45, 7) is 3.70. The maximum atomic E-state index is 12.8. The van der Waals surface area contributed by atoms with Gasteiger partial charge in [-0.3, -0.25) is 14.1 Å². The van der Waals surface area contributed by atoms with Crippen LogP contribution < -0.4 is 0 Å². The van der Waals surface area contributed by atoms with E-state index in [1.54, 1.807) is 0 Å². The third-order valence-corrected chi connectivity index (χ3v) is 10.9.